The van der Waals surface area contributed by atoms with E-state index in [-0.39, 0.29) is 0 Å². The van der Waals surface area contributed by atoms with Gasteiger partial charge >= 0.3 is 0 Å². The highest BCUT2D eigenvalue weighted by Gasteiger charge is 2.28. The summed E-state index contributed by atoms with van der Waals surface area (Å²) in [6.45, 7) is 5.53. The largest absolute Gasteiger partial charge is 0.337 e. The predicted octanol–water partition coefficient (Wildman–Crippen LogP) is 2.91. The van der Waals surface area contributed by atoms with Gasteiger partial charge in [0.15, 0.2) is 0 Å². The average molecular weight is 312 g/mol. The average Bonchev–Trinajstić information content (AvgIpc) is 2.95. The Morgan fingerprint density at radius 2 is 2.04 bits per heavy atom. The molecular formula is C19H28N4. The molecule has 1 aromatic carbocycles. The van der Waals surface area contributed by atoms with Crippen LogP contribution in [0.3, 0.4) is 0 Å². The molecule has 1 aliphatic heterocycles. The third kappa shape index (κ3) is 4.01. The van der Waals surface area contributed by atoms with Crippen LogP contribution in [-0.2, 0) is 20.1 Å². The van der Waals surface area contributed by atoms with E-state index in [1.807, 2.05) is 12.4 Å². The highest BCUT2D eigenvalue weighted by Crippen LogP contribution is 2.23. The lowest BCUT2D eigenvalue weighted by Crippen LogP contribution is -2.47. The number of hydrogen-bond donors (Lipinski definition) is 0. The van der Waals surface area contributed by atoms with Crippen LogP contribution in [0.4, 0.5) is 0 Å². The number of rotatable bonds is 5. The van der Waals surface area contributed by atoms with Crippen LogP contribution >= 0.6 is 0 Å². The molecule has 2 atom stereocenters. The van der Waals surface area contributed by atoms with E-state index in [0.29, 0.717) is 12.1 Å². The summed E-state index contributed by atoms with van der Waals surface area (Å²) in [5.41, 5.74) is 1.42. The van der Waals surface area contributed by atoms with E-state index in [0.717, 1.165) is 18.9 Å². The van der Waals surface area contributed by atoms with Gasteiger partial charge in [0.1, 0.15) is 5.82 Å². The maximum absolute atomic E-state index is 4.45. The Morgan fingerprint density at radius 1 is 1.26 bits per heavy atom. The van der Waals surface area contributed by atoms with Crippen molar-refractivity contribution in [1.29, 1.82) is 0 Å². The summed E-state index contributed by atoms with van der Waals surface area (Å²) in [6.07, 6.45) is 6.37. The number of piperidine rings is 1. The number of imidazole rings is 1. The molecule has 3 rings (SSSR count). The zero-order valence-corrected chi connectivity index (χ0v) is 14.5. The molecule has 0 N–H and O–H groups in total. The number of nitrogens with zero attached hydrogens (tertiary/aromatic N) is 4. The quantitative estimate of drug-likeness (QED) is 0.848. The topological polar surface area (TPSA) is 24.3 Å². The summed E-state index contributed by atoms with van der Waals surface area (Å²) in [6, 6.07) is 12.1. The molecule has 0 unspecified atom stereocenters. The molecule has 4 heteroatoms. The molecule has 2 aromatic rings. The Balaban J connectivity index is 1.54. The third-order valence-electron chi connectivity index (χ3n) is 5.15. The van der Waals surface area contributed by atoms with E-state index in [1.54, 1.807) is 0 Å². The van der Waals surface area contributed by atoms with Gasteiger partial charge in [0, 0.05) is 44.6 Å². The Hall–Kier alpha value is -1.65. The van der Waals surface area contributed by atoms with Crippen LogP contribution in [0.15, 0.2) is 42.7 Å². The number of aryl methyl sites for hydroxylation is 1. The van der Waals surface area contributed by atoms with Crippen molar-refractivity contribution in [2.75, 3.05) is 13.6 Å². The van der Waals surface area contributed by atoms with Gasteiger partial charge in [0.25, 0.3) is 0 Å². The number of hydrogen-bond acceptors (Lipinski definition) is 3. The molecule has 0 amide bonds. The fourth-order valence-corrected chi connectivity index (χ4v) is 3.55. The minimum absolute atomic E-state index is 0.623. The molecule has 2 heterocycles. The number of aromatic nitrogens is 2. The minimum Gasteiger partial charge on any atom is -0.337 e. The molecular weight excluding hydrogens is 284 g/mol. The highest BCUT2D eigenvalue weighted by molar-refractivity contribution is 5.14. The van der Waals surface area contributed by atoms with Crippen molar-refractivity contribution >= 4 is 0 Å². The van der Waals surface area contributed by atoms with Crippen LogP contribution in [0.25, 0.3) is 0 Å². The van der Waals surface area contributed by atoms with Gasteiger partial charge in [0.05, 0.1) is 6.54 Å². The van der Waals surface area contributed by atoms with Gasteiger partial charge in [-0.3, -0.25) is 9.80 Å². The minimum atomic E-state index is 0.623. The summed E-state index contributed by atoms with van der Waals surface area (Å²) >= 11 is 0. The van der Waals surface area contributed by atoms with Gasteiger partial charge in [-0.2, -0.15) is 0 Å². The Kier molecular flexibility index (Phi) is 5.13. The van der Waals surface area contributed by atoms with Gasteiger partial charge in [-0.25, -0.2) is 4.98 Å². The second-order valence-electron chi connectivity index (χ2n) is 6.85. The lowest BCUT2D eigenvalue weighted by molar-refractivity contribution is 0.0757. The van der Waals surface area contributed by atoms with E-state index in [2.05, 4.69) is 70.7 Å². The van der Waals surface area contributed by atoms with Gasteiger partial charge in [-0.05, 0) is 32.4 Å². The van der Waals surface area contributed by atoms with E-state index >= 15 is 0 Å². The number of benzene rings is 1. The maximum atomic E-state index is 4.45. The lowest BCUT2D eigenvalue weighted by atomic mass is 9.96. The summed E-state index contributed by atoms with van der Waals surface area (Å²) in [5.74, 6) is 1.15. The first-order valence-corrected chi connectivity index (χ1v) is 8.58. The molecule has 1 aliphatic rings. The first-order chi connectivity index (χ1) is 11.1. The Labute approximate surface area is 139 Å². The molecule has 1 saturated heterocycles. The second-order valence-corrected chi connectivity index (χ2v) is 6.85. The van der Waals surface area contributed by atoms with Crippen LogP contribution in [0.2, 0.25) is 0 Å². The van der Waals surface area contributed by atoms with Gasteiger partial charge in [-0.15, -0.1) is 0 Å². The molecule has 0 saturated carbocycles. The van der Waals surface area contributed by atoms with Crippen molar-refractivity contribution < 1.29 is 0 Å². The molecule has 124 valence electrons. The van der Waals surface area contributed by atoms with E-state index in [4.69, 9.17) is 0 Å². The standard InChI is InChI=1S/C19H28N4/c1-16-13-18(22(3)15-19-20-10-12-21(19)2)9-11-23(16)14-17-7-5-4-6-8-17/h4-8,10,12,16,18H,9,11,13-15H2,1-3H3/t16-,18-/m0/s1. The van der Waals surface area contributed by atoms with Crippen LogP contribution in [0, 0.1) is 0 Å². The molecule has 4 nitrogen and oxygen atoms in total. The third-order valence-corrected chi connectivity index (χ3v) is 5.15. The summed E-state index contributed by atoms with van der Waals surface area (Å²) in [5, 5.41) is 0. The summed E-state index contributed by atoms with van der Waals surface area (Å²) in [4.78, 5) is 9.53. The fraction of sp³-hybridized carbons (Fsp3) is 0.526. The van der Waals surface area contributed by atoms with E-state index in [9.17, 15) is 0 Å². The van der Waals surface area contributed by atoms with Gasteiger partial charge < -0.3 is 4.57 Å². The van der Waals surface area contributed by atoms with E-state index < -0.39 is 0 Å². The monoisotopic (exact) mass is 312 g/mol. The SMILES string of the molecule is C[C@H]1C[C@@H](N(C)Cc2nccn2C)CCN1Cc1ccccc1. The molecule has 23 heavy (non-hydrogen) atoms. The molecule has 1 fully saturated rings. The Bertz CT molecular complexity index is 607. The van der Waals surface area contributed by atoms with Crippen LogP contribution in [-0.4, -0.2) is 45.0 Å². The van der Waals surface area contributed by atoms with Crippen LogP contribution in [0.1, 0.15) is 31.2 Å². The molecule has 0 aliphatic carbocycles. The maximum Gasteiger partial charge on any atom is 0.122 e. The summed E-state index contributed by atoms with van der Waals surface area (Å²) in [7, 11) is 4.31. The van der Waals surface area contributed by atoms with Gasteiger partial charge in [0.2, 0.25) is 0 Å². The van der Waals surface area contributed by atoms with Crippen molar-refractivity contribution in [2.45, 2.75) is 44.9 Å². The first kappa shape index (κ1) is 16.2. The zero-order chi connectivity index (χ0) is 16.2. The van der Waals surface area contributed by atoms with Crippen molar-refractivity contribution in [3.05, 3.63) is 54.1 Å². The van der Waals surface area contributed by atoms with Crippen LogP contribution in [0.5, 0.6) is 0 Å². The summed E-state index contributed by atoms with van der Waals surface area (Å²) < 4.78 is 2.12. The van der Waals surface area contributed by atoms with Crippen molar-refractivity contribution in [3.8, 4) is 0 Å². The second kappa shape index (κ2) is 7.28. The Morgan fingerprint density at radius 3 is 2.70 bits per heavy atom. The van der Waals surface area contributed by atoms with Gasteiger partial charge in [-0.1, -0.05) is 30.3 Å². The molecule has 0 radical (unpaired) electrons. The van der Waals surface area contributed by atoms with Crippen molar-refractivity contribution in [2.24, 2.45) is 7.05 Å². The smallest absolute Gasteiger partial charge is 0.122 e. The molecule has 0 bridgehead atoms. The zero-order valence-electron chi connectivity index (χ0n) is 14.5. The van der Waals surface area contributed by atoms with Crippen molar-refractivity contribution in [3.63, 3.8) is 0 Å². The van der Waals surface area contributed by atoms with Crippen molar-refractivity contribution in [1.82, 2.24) is 19.4 Å². The van der Waals surface area contributed by atoms with E-state index in [1.165, 1.54) is 24.9 Å². The first-order valence-electron chi connectivity index (χ1n) is 8.58. The van der Waals surface area contributed by atoms with Crippen LogP contribution < -0.4 is 0 Å². The molecule has 0 spiro atoms. The predicted molar refractivity (Wildman–Crippen MR) is 94.0 cm³/mol. The highest BCUT2D eigenvalue weighted by atomic mass is 15.2. The lowest BCUT2D eigenvalue weighted by Gasteiger charge is -2.41. The normalized spacial score (nSPS) is 22.6. The fourth-order valence-electron chi connectivity index (χ4n) is 3.55. The molecule has 1 aromatic heterocycles. The number of likely N-dealkylation sites (tertiary alicyclic amines) is 1.